The van der Waals surface area contributed by atoms with Crippen molar-refractivity contribution in [3.05, 3.63) is 18.5 Å². The maximum absolute atomic E-state index is 13.3. The Morgan fingerprint density at radius 3 is 2.30 bits per heavy atom. The first-order chi connectivity index (χ1) is 13.0. The van der Waals surface area contributed by atoms with Crippen LogP contribution in [0.2, 0.25) is 0 Å². The highest BCUT2D eigenvalue weighted by Crippen LogP contribution is 2.36. The van der Waals surface area contributed by atoms with Crippen LogP contribution < -0.4 is 9.47 Å². The minimum Gasteiger partial charge on any atom is -0.492 e. The molecule has 11 heteroatoms. The lowest BCUT2D eigenvalue weighted by atomic mass is 10.2. The van der Waals surface area contributed by atoms with E-state index in [1.807, 2.05) is 14.0 Å². The van der Waals surface area contributed by atoms with E-state index in [1.54, 1.807) is 13.0 Å². The molecule has 10 nitrogen and oxygen atoms in total. The lowest BCUT2D eigenvalue weighted by molar-refractivity contribution is 0.221. The van der Waals surface area contributed by atoms with E-state index >= 15 is 0 Å². The molecular weight excluding hydrogens is 372 g/mol. The van der Waals surface area contributed by atoms with Crippen LogP contribution in [0.5, 0.6) is 11.5 Å². The third-order valence-electron chi connectivity index (χ3n) is 4.30. The van der Waals surface area contributed by atoms with Gasteiger partial charge >= 0.3 is 0 Å². The number of nitrogens with zero attached hydrogens (tertiary/aromatic N) is 6. The van der Waals surface area contributed by atoms with Crippen LogP contribution in [0.4, 0.5) is 0 Å². The molecule has 0 atom stereocenters. The smallest absolute Gasteiger partial charge is 0.246 e. The van der Waals surface area contributed by atoms with Crippen LogP contribution in [0.25, 0.3) is 5.69 Å². The molecule has 0 spiro atoms. The molecule has 0 aliphatic carbocycles. The van der Waals surface area contributed by atoms with Crippen LogP contribution in [0, 0.1) is 0 Å². The molecule has 0 bridgehead atoms. The van der Waals surface area contributed by atoms with Crippen molar-refractivity contribution in [2.75, 3.05) is 46.4 Å². The molecule has 1 aromatic carbocycles. The van der Waals surface area contributed by atoms with Gasteiger partial charge in [-0.15, -0.1) is 5.10 Å². The predicted molar refractivity (Wildman–Crippen MR) is 97.7 cm³/mol. The van der Waals surface area contributed by atoms with Crippen molar-refractivity contribution in [2.24, 2.45) is 0 Å². The fraction of sp³-hybridized carbons (Fsp3) is 0.562. The zero-order chi connectivity index (χ0) is 19.4. The number of aromatic nitrogens is 4. The summed E-state index contributed by atoms with van der Waals surface area (Å²) in [4.78, 5) is 2.19. The Morgan fingerprint density at radius 2 is 1.70 bits per heavy atom. The van der Waals surface area contributed by atoms with Crippen molar-refractivity contribution in [3.63, 3.8) is 0 Å². The highest BCUT2D eigenvalue weighted by atomic mass is 32.2. The van der Waals surface area contributed by atoms with E-state index in [-0.39, 0.29) is 10.6 Å². The van der Waals surface area contributed by atoms with Gasteiger partial charge in [-0.25, -0.2) is 8.42 Å². The maximum Gasteiger partial charge on any atom is 0.246 e. The number of sulfonamides is 1. The molecule has 0 amide bonds. The fourth-order valence-corrected chi connectivity index (χ4v) is 4.44. The molecule has 3 rings (SSSR count). The van der Waals surface area contributed by atoms with Gasteiger partial charge in [0.15, 0.2) is 0 Å². The van der Waals surface area contributed by atoms with E-state index in [1.165, 1.54) is 21.4 Å². The molecule has 1 saturated heterocycles. The average molecular weight is 396 g/mol. The first-order valence-electron chi connectivity index (χ1n) is 8.83. The summed E-state index contributed by atoms with van der Waals surface area (Å²) in [6, 6.07) is 3.10. The van der Waals surface area contributed by atoms with E-state index in [0.29, 0.717) is 50.8 Å². The summed E-state index contributed by atoms with van der Waals surface area (Å²) in [6.07, 6.45) is 1.42. The summed E-state index contributed by atoms with van der Waals surface area (Å²) in [5, 5.41) is 11.1. The average Bonchev–Trinajstić information content (AvgIpc) is 3.18. The molecule has 1 aliphatic heterocycles. The summed E-state index contributed by atoms with van der Waals surface area (Å²) in [5.74, 6) is 0.631. The highest BCUT2D eigenvalue weighted by molar-refractivity contribution is 7.89. The van der Waals surface area contributed by atoms with E-state index in [4.69, 9.17) is 9.47 Å². The van der Waals surface area contributed by atoms with Gasteiger partial charge in [0.2, 0.25) is 10.0 Å². The van der Waals surface area contributed by atoms with Crippen LogP contribution in [0.15, 0.2) is 23.4 Å². The predicted octanol–water partition coefficient (Wildman–Crippen LogP) is 0.396. The van der Waals surface area contributed by atoms with Gasteiger partial charge in [-0.2, -0.15) is 8.99 Å². The molecule has 1 aliphatic rings. The minimum atomic E-state index is -3.72. The zero-order valence-electron chi connectivity index (χ0n) is 15.7. The van der Waals surface area contributed by atoms with Crippen molar-refractivity contribution in [3.8, 4) is 17.2 Å². The third kappa shape index (κ3) is 4.04. The minimum absolute atomic E-state index is 0.0918. The van der Waals surface area contributed by atoms with Crippen LogP contribution in [0.1, 0.15) is 13.8 Å². The molecule has 1 aromatic heterocycles. The lowest BCUT2D eigenvalue weighted by Crippen LogP contribution is -2.47. The summed E-state index contributed by atoms with van der Waals surface area (Å²) in [7, 11) is -1.75. The monoisotopic (exact) mass is 396 g/mol. The van der Waals surface area contributed by atoms with Gasteiger partial charge in [0.05, 0.1) is 13.2 Å². The Hall–Kier alpha value is -2.24. The highest BCUT2D eigenvalue weighted by Gasteiger charge is 2.32. The number of hydrogen-bond acceptors (Lipinski definition) is 8. The molecule has 2 aromatic rings. The lowest BCUT2D eigenvalue weighted by Gasteiger charge is -2.32. The van der Waals surface area contributed by atoms with Crippen molar-refractivity contribution in [1.82, 2.24) is 29.4 Å². The standard InChI is InChI=1S/C16H24N6O4S/c1-4-25-14-11-16(27(23,24)21-8-6-20(3)7-9-21)15(26-5-2)10-13(14)22-12-17-18-19-22/h10-12H,4-9H2,1-3H3. The number of piperazine rings is 1. The summed E-state index contributed by atoms with van der Waals surface area (Å²) >= 11 is 0. The van der Waals surface area contributed by atoms with Crippen LogP contribution in [-0.4, -0.2) is 84.3 Å². The Morgan fingerprint density at radius 1 is 1.04 bits per heavy atom. The third-order valence-corrected chi connectivity index (χ3v) is 6.22. The zero-order valence-corrected chi connectivity index (χ0v) is 16.5. The number of benzene rings is 1. The molecule has 0 saturated carbocycles. The van der Waals surface area contributed by atoms with Gasteiger partial charge in [0.25, 0.3) is 0 Å². The number of tetrazole rings is 1. The second kappa shape index (κ2) is 8.19. The van der Waals surface area contributed by atoms with Crippen molar-refractivity contribution >= 4 is 10.0 Å². The first kappa shape index (κ1) is 19.5. The van der Waals surface area contributed by atoms with E-state index in [9.17, 15) is 8.42 Å². The molecule has 0 radical (unpaired) electrons. The Labute approximate surface area is 158 Å². The second-order valence-electron chi connectivity index (χ2n) is 6.09. The normalized spacial score (nSPS) is 16.4. The number of likely N-dealkylation sites (N-methyl/N-ethyl adjacent to an activating group) is 1. The van der Waals surface area contributed by atoms with Gasteiger partial charge < -0.3 is 14.4 Å². The molecule has 2 heterocycles. The van der Waals surface area contributed by atoms with Crippen LogP contribution in [0.3, 0.4) is 0 Å². The van der Waals surface area contributed by atoms with Crippen molar-refractivity contribution < 1.29 is 17.9 Å². The summed E-state index contributed by atoms with van der Waals surface area (Å²) in [6.45, 7) is 6.57. The van der Waals surface area contributed by atoms with Crippen molar-refractivity contribution in [2.45, 2.75) is 18.7 Å². The van der Waals surface area contributed by atoms with E-state index in [0.717, 1.165) is 0 Å². The molecule has 0 N–H and O–H groups in total. The molecule has 27 heavy (non-hydrogen) atoms. The number of rotatable bonds is 7. The van der Waals surface area contributed by atoms with Crippen LogP contribution >= 0.6 is 0 Å². The van der Waals surface area contributed by atoms with Gasteiger partial charge in [0, 0.05) is 38.3 Å². The topological polar surface area (TPSA) is 103 Å². The molecule has 1 fully saturated rings. The first-order valence-corrected chi connectivity index (χ1v) is 10.3. The number of hydrogen-bond donors (Lipinski definition) is 0. The Kier molecular flexibility index (Phi) is 5.92. The molecule has 148 valence electrons. The quantitative estimate of drug-likeness (QED) is 0.662. The number of ether oxygens (including phenoxy) is 2. The largest absolute Gasteiger partial charge is 0.492 e. The maximum atomic E-state index is 13.3. The molecular formula is C16H24N6O4S. The van der Waals surface area contributed by atoms with E-state index in [2.05, 4.69) is 20.4 Å². The second-order valence-corrected chi connectivity index (χ2v) is 8.00. The Bertz CT molecular complexity index is 863. The summed E-state index contributed by atoms with van der Waals surface area (Å²) in [5.41, 5.74) is 0.516. The summed E-state index contributed by atoms with van der Waals surface area (Å²) < 4.78 is 40.8. The van der Waals surface area contributed by atoms with E-state index < -0.39 is 10.0 Å². The fourth-order valence-electron chi connectivity index (χ4n) is 2.89. The van der Waals surface area contributed by atoms with Gasteiger partial charge in [0.1, 0.15) is 28.4 Å². The van der Waals surface area contributed by atoms with Crippen LogP contribution in [-0.2, 0) is 10.0 Å². The SMILES string of the molecule is CCOc1cc(S(=O)(=O)N2CCN(C)CC2)c(OCC)cc1-n1cnnn1. The molecule has 0 unspecified atom stereocenters. The van der Waals surface area contributed by atoms with Gasteiger partial charge in [-0.05, 0) is 31.3 Å². The van der Waals surface area contributed by atoms with Crippen molar-refractivity contribution in [1.29, 1.82) is 0 Å². The van der Waals surface area contributed by atoms with Gasteiger partial charge in [-0.3, -0.25) is 0 Å². The Balaban J connectivity index is 2.09. The van der Waals surface area contributed by atoms with Gasteiger partial charge in [-0.1, -0.05) is 0 Å².